The number of aryl methyl sites for hydroxylation is 1. The standard InChI is InChI=1S/C28H29N5O/c1-2-33-31-27(30-32-33)21-7-10-22(11-8-21)28(18-20-6-9-24(28)17-20)23-12-14-26(15-13-23)34-19-25-5-3-4-16-29-25/h3-5,7-8,10-16,20,24H,2,6,9,17-19H2,1H3/t20?,24-,28+/m1/s1. The number of tetrazole rings is 1. The average molecular weight is 452 g/mol. The van der Waals surface area contributed by atoms with Crippen molar-refractivity contribution >= 4 is 0 Å². The van der Waals surface area contributed by atoms with Crippen LogP contribution < -0.4 is 4.74 Å². The van der Waals surface area contributed by atoms with Gasteiger partial charge in [0.1, 0.15) is 12.4 Å². The van der Waals surface area contributed by atoms with Gasteiger partial charge in [-0.1, -0.05) is 48.9 Å². The molecule has 2 aromatic heterocycles. The molecule has 2 saturated carbocycles. The molecule has 2 fully saturated rings. The summed E-state index contributed by atoms with van der Waals surface area (Å²) in [4.78, 5) is 5.97. The van der Waals surface area contributed by atoms with E-state index in [9.17, 15) is 0 Å². The molecule has 6 heteroatoms. The first-order chi connectivity index (χ1) is 16.7. The molecule has 6 nitrogen and oxygen atoms in total. The lowest BCUT2D eigenvalue weighted by Gasteiger charge is -2.39. The van der Waals surface area contributed by atoms with Crippen LogP contribution in [0.1, 0.15) is 49.4 Å². The molecular formula is C28H29N5O. The Morgan fingerprint density at radius 2 is 1.76 bits per heavy atom. The van der Waals surface area contributed by atoms with E-state index in [4.69, 9.17) is 4.74 Å². The van der Waals surface area contributed by atoms with Crippen molar-refractivity contribution in [1.29, 1.82) is 0 Å². The van der Waals surface area contributed by atoms with Gasteiger partial charge in [0.25, 0.3) is 0 Å². The van der Waals surface area contributed by atoms with Crippen molar-refractivity contribution in [3.05, 3.63) is 89.7 Å². The van der Waals surface area contributed by atoms with Crippen molar-refractivity contribution in [2.75, 3.05) is 0 Å². The molecule has 0 N–H and O–H groups in total. The highest BCUT2D eigenvalue weighted by atomic mass is 16.5. The Morgan fingerprint density at radius 3 is 2.38 bits per heavy atom. The Labute approximate surface area is 200 Å². The van der Waals surface area contributed by atoms with Crippen LogP contribution in [0.25, 0.3) is 11.4 Å². The third kappa shape index (κ3) is 3.67. The summed E-state index contributed by atoms with van der Waals surface area (Å²) in [6, 6.07) is 23.6. The lowest BCUT2D eigenvalue weighted by molar-refractivity contribution is 0.299. The zero-order valence-electron chi connectivity index (χ0n) is 19.5. The van der Waals surface area contributed by atoms with E-state index in [0.29, 0.717) is 18.3 Å². The van der Waals surface area contributed by atoms with Crippen LogP contribution in [0, 0.1) is 11.8 Å². The van der Waals surface area contributed by atoms with Gasteiger partial charge >= 0.3 is 0 Å². The molecule has 1 unspecified atom stereocenters. The van der Waals surface area contributed by atoms with E-state index in [1.54, 1.807) is 11.0 Å². The molecule has 0 spiro atoms. The number of aromatic nitrogens is 5. The van der Waals surface area contributed by atoms with Crippen LogP contribution in [-0.4, -0.2) is 25.2 Å². The summed E-state index contributed by atoms with van der Waals surface area (Å²) in [6.45, 7) is 3.22. The second kappa shape index (κ2) is 8.67. The van der Waals surface area contributed by atoms with E-state index in [1.165, 1.54) is 36.8 Å². The molecule has 2 bridgehead atoms. The van der Waals surface area contributed by atoms with Gasteiger partial charge < -0.3 is 4.74 Å². The monoisotopic (exact) mass is 451 g/mol. The van der Waals surface area contributed by atoms with Gasteiger partial charge in [-0.3, -0.25) is 4.98 Å². The third-order valence-electron chi connectivity index (χ3n) is 7.73. The zero-order valence-corrected chi connectivity index (χ0v) is 19.5. The predicted molar refractivity (Wildman–Crippen MR) is 130 cm³/mol. The number of hydrogen-bond acceptors (Lipinski definition) is 5. The topological polar surface area (TPSA) is 65.7 Å². The van der Waals surface area contributed by atoms with Crippen LogP contribution in [0.2, 0.25) is 0 Å². The van der Waals surface area contributed by atoms with Gasteiger partial charge in [0.15, 0.2) is 0 Å². The van der Waals surface area contributed by atoms with Gasteiger partial charge in [-0.25, -0.2) is 0 Å². The number of hydrogen-bond donors (Lipinski definition) is 0. The van der Waals surface area contributed by atoms with E-state index >= 15 is 0 Å². The highest BCUT2D eigenvalue weighted by Crippen LogP contribution is 2.60. The highest BCUT2D eigenvalue weighted by molar-refractivity contribution is 5.56. The van der Waals surface area contributed by atoms with Crippen molar-refractivity contribution in [2.24, 2.45) is 11.8 Å². The molecule has 0 aliphatic heterocycles. The Bertz CT molecular complexity index is 1250. The first-order valence-corrected chi connectivity index (χ1v) is 12.3. The Kier molecular flexibility index (Phi) is 5.36. The van der Waals surface area contributed by atoms with Gasteiger partial charge in [0, 0.05) is 17.2 Å². The molecule has 2 aliphatic rings. The fourth-order valence-electron chi connectivity index (χ4n) is 6.10. The molecule has 172 valence electrons. The van der Waals surface area contributed by atoms with Crippen LogP contribution in [0.3, 0.4) is 0 Å². The molecule has 2 aromatic carbocycles. The summed E-state index contributed by atoms with van der Waals surface area (Å²) in [5.74, 6) is 3.07. The summed E-state index contributed by atoms with van der Waals surface area (Å²) in [6.07, 6.45) is 7.01. The molecule has 3 atom stereocenters. The first-order valence-electron chi connectivity index (χ1n) is 12.3. The fourth-order valence-corrected chi connectivity index (χ4v) is 6.10. The number of rotatable bonds is 7. The maximum absolute atomic E-state index is 6.00. The van der Waals surface area contributed by atoms with Crippen molar-refractivity contribution in [3.8, 4) is 17.1 Å². The van der Waals surface area contributed by atoms with Crippen molar-refractivity contribution in [3.63, 3.8) is 0 Å². The lowest BCUT2D eigenvalue weighted by atomic mass is 9.64. The highest BCUT2D eigenvalue weighted by Gasteiger charge is 2.52. The maximum atomic E-state index is 6.00. The summed E-state index contributed by atoms with van der Waals surface area (Å²) in [7, 11) is 0. The van der Waals surface area contributed by atoms with E-state index in [0.717, 1.165) is 29.5 Å². The van der Waals surface area contributed by atoms with Gasteiger partial charge in [-0.15, -0.1) is 10.2 Å². The Balaban J connectivity index is 1.28. The molecule has 34 heavy (non-hydrogen) atoms. The van der Waals surface area contributed by atoms with Crippen molar-refractivity contribution < 1.29 is 4.74 Å². The Hall–Kier alpha value is -3.54. The molecule has 6 rings (SSSR count). The summed E-state index contributed by atoms with van der Waals surface area (Å²) >= 11 is 0. The van der Waals surface area contributed by atoms with E-state index < -0.39 is 0 Å². The number of ether oxygens (including phenoxy) is 1. The number of benzene rings is 2. The van der Waals surface area contributed by atoms with Gasteiger partial charge in [0.2, 0.25) is 5.82 Å². The van der Waals surface area contributed by atoms with Gasteiger partial charge in [-0.05, 0) is 78.6 Å². The normalized spacial score (nSPS) is 23.3. The molecule has 0 amide bonds. The van der Waals surface area contributed by atoms with Crippen LogP contribution in [0.4, 0.5) is 0 Å². The molecule has 2 heterocycles. The van der Waals surface area contributed by atoms with Gasteiger partial charge in [-0.2, -0.15) is 4.80 Å². The third-order valence-corrected chi connectivity index (χ3v) is 7.73. The zero-order chi connectivity index (χ0) is 23.0. The van der Waals surface area contributed by atoms with Crippen molar-refractivity contribution in [1.82, 2.24) is 25.2 Å². The molecule has 0 saturated heterocycles. The number of nitrogens with zero attached hydrogens (tertiary/aromatic N) is 5. The second-order valence-electron chi connectivity index (χ2n) is 9.56. The first kappa shape index (κ1) is 21.0. The van der Waals surface area contributed by atoms with Crippen LogP contribution in [0.15, 0.2) is 72.9 Å². The van der Waals surface area contributed by atoms with E-state index in [1.807, 2.05) is 25.1 Å². The van der Waals surface area contributed by atoms with Crippen LogP contribution in [0.5, 0.6) is 5.75 Å². The molecular weight excluding hydrogens is 422 g/mol. The number of fused-ring (bicyclic) bond motifs is 2. The second-order valence-corrected chi connectivity index (χ2v) is 9.56. The number of pyridine rings is 1. The smallest absolute Gasteiger partial charge is 0.204 e. The van der Waals surface area contributed by atoms with Crippen molar-refractivity contribution in [2.45, 2.75) is 51.2 Å². The minimum atomic E-state index is 0.0649. The average Bonchev–Trinajstić information content (AvgIpc) is 3.65. The minimum absolute atomic E-state index is 0.0649. The van der Waals surface area contributed by atoms with Crippen LogP contribution >= 0.6 is 0 Å². The maximum Gasteiger partial charge on any atom is 0.204 e. The summed E-state index contributed by atoms with van der Waals surface area (Å²) in [5.41, 5.74) is 4.81. The SMILES string of the molecule is CCn1nnc(-c2ccc([C@]3(c4ccc(OCc5ccccn5)cc4)CC4CC[C@@H]3C4)cc2)n1. The van der Waals surface area contributed by atoms with Crippen LogP contribution in [-0.2, 0) is 18.6 Å². The van der Waals surface area contributed by atoms with E-state index in [2.05, 4.69) is 68.9 Å². The molecule has 4 aromatic rings. The molecule has 2 aliphatic carbocycles. The fraction of sp³-hybridized carbons (Fsp3) is 0.357. The summed E-state index contributed by atoms with van der Waals surface area (Å²) < 4.78 is 6.00. The minimum Gasteiger partial charge on any atom is -0.487 e. The summed E-state index contributed by atoms with van der Waals surface area (Å²) in [5, 5.41) is 12.8. The predicted octanol–water partition coefficient (Wildman–Crippen LogP) is 5.44. The quantitative estimate of drug-likeness (QED) is 0.374. The Morgan fingerprint density at radius 1 is 0.971 bits per heavy atom. The lowest BCUT2D eigenvalue weighted by Crippen LogP contribution is -2.34. The van der Waals surface area contributed by atoms with Gasteiger partial charge in [0.05, 0.1) is 12.2 Å². The largest absolute Gasteiger partial charge is 0.487 e. The molecule has 0 radical (unpaired) electrons. The van der Waals surface area contributed by atoms with E-state index in [-0.39, 0.29) is 5.41 Å².